The molecule has 0 saturated carbocycles. The maximum Gasteiger partial charge on any atom is 0.407 e. The summed E-state index contributed by atoms with van der Waals surface area (Å²) >= 11 is 0. The van der Waals surface area contributed by atoms with Gasteiger partial charge in [0, 0.05) is 18.7 Å². The average molecular weight is 330 g/mol. The van der Waals surface area contributed by atoms with Crippen molar-refractivity contribution in [1.29, 1.82) is 0 Å². The van der Waals surface area contributed by atoms with E-state index < -0.39 is 14.2 Å². The fraction of sp³-hybridized carbons (Fsp3) is 0.526. The average Bonchev–Trinajstić information content (AvgIpc) is 2.51. The first-order valence-corrected chi connectivity index (χ1v) is 11.9. The Labute approximate surface area is 140 Å². The number of rotatable bonds is 3. The van der Waals surface area contributed by atoms with E-state index in [1.807, 2.05) is 0 Å². The highest BCUT2D eigenvalue weighted by Crippen LogP contribution is 2.22. The molecule has 1 aliphatic rings. The van der Waals surface area contributed by atoms with E-state index >= 15 is 0 Å². The lowest BCUT2D eigenvalue weighted by atomic mass is 9.90. The van der Waals surface area contributed by atoms with E-state index in [2.05, 4.69) is 55.4 Å². The van der Waals surface area contributed by atoms with Gasteiger partial charge in [-0.1, -0.05) is 37.7 Å². The molecule has 124 valence electrons. The molecule has 1 N–H and O–H groups in total. The normalized spacial score (nSPS) is 15.9. The summed E-state index contributed by atoms with van der Waals surface area (Å²) in [7, 11) is -1.31. The van der Waals surface area contributed by atoms with Crippen LogP contribution in [0.2, 0.25) is 19.6 Å². The minimum Gasteiger partial charge on any atom is -0.465 e. The molecule has 0 aromatic heterocycles. The van der Waals surface area contributed by atoms with Crippen LogP contribution in [0.15, 0.2) is 24.3 Å². The van der Waals surface area contributed by atoms with Crippen molar-refractivity contribution in [2.45, 2.75) is 45.3 Å². The Morgan fingerprint density at radius 1 is 1.22 bits per heavy atom. The van der Waals surface area contributed by atoms with Crippen molar-refractivity contribution < 1.29 is 9.90 Å². The Morgan fingerprint density at radius 3 is 2.35 bits per heavy atom. The zero-order valence-corrected chi connectivity index (χ0v) is 15.4. The summed E-state index contributed by atoms with van der Waals surface area (Å²) in [6.45, 7) is 8.13. The minimum absolute atomic E-state index is 0.650. The van der Waals surface area contributed by atoms with Crippen LogP contribution in [0.1, 0.15) is 30.4 Å². The van der Waals surface area contributed by atoms with E-state index in [0.717, 1.165) is 31.2 Å². The standard InChI is InChI=1S/C19H27NO2Si/c1-23(2,3)15-12-17-7-4-16(5-8-17)6-9-18-10-13-20(14-11-18)19(21)22/h4-5,7-8,18H,6,9-11,13-14H2,1-3H3,(H,21,22). The highest BCUT2D eigenvalue weighted by molar-refractivity contribution is 6.83. The maximum absolute atomic E-state index is 10.9. The SMILES string of the molecule is C[Si](C)(C)C#Cc1ccc(CCC2CCN(C(=O)O)CC2)cc1. The van der Waals surface area contributed by atoms with Crippen LogP contribution >= 0.6 is 0 Å². The molecule has 0 unspecified atom stereocenters. The Hall–Kier alpha value is -1.73. The van der Waals surface area contributed by atoms with E-state index in [1.54, 1.807) is 0 Å². The zero-order valence-electron chi connectivity index (χ0n) is 14.4. The van der Waals surface area contributed by atoms with Gasteiger partial charge in [0.1, 0.15) is 8.07 Å². The summed E-state index contributed by atoms with van der Waals surface area (Å²) in [6, 6.07) is 8.60. The smallest absolute Gasteiger partial charge is 0.407 e. The summed E-state index contributed by atoms with van der Waals surface area (Å²) in [4.78, 5) is 12.4. The molecule has 0 spiro atoms. The third-order valence-corrected chi connectivity index (χ3v) is 5.14. The van der Waals surface area contributed by atoms with Crippen molar-refractivity contribution in [1.82, 2.24) is 4.90 Å². The van der Waals surface area contributed by atoms with Gasteiger partial charge in [-0.3, -0.25) is 0 Å². The van der Waals surface area contributed by atoms with Gasteiger partial charge in [-0.2, -0.15) is 0 Å². The fourth-order valence-corrected chi connectivity index (χ4v) is 3.32. The summed E-state index contributed by atoms with van der Waals surface area (Å²) < 4.78 is 0. The molecule has 0 bridgehead atoms. The summed E-state index contributed by atoms with van der Waals surface area (Å²) in [5, 5.41) is 8.97. The maximum atomic E-state index is 10.9. The van der Waals surface area contributed by atoms with Gasteiger partial charge in [0.15, 0.2) is 0 Å². The second-order valence-corrected chi connectivity index (χ2v) is 12.2. The Balaban J connectivity index is 1.80. The van der Waals surface area contributed by atoms with Crippen molar-refractivity contribution in [2.75, 3.05) is 13.1 Å². The molecule has 23 heavy (non-hydrogen) atoms. The molecule has 4 heteroatoms. The highest BCUT2D eigenvalue weighted by atomic mass is 28.3. The van der Waals surface area contributed by atoms with Gasteiger partial charge in [-0.15, -0.1) is 5.54 Å². The molecule has 0 radical (unpaired) electrons. The molecular formula is C19H27NO2Si. The molecule has 1 aromatic carbocycles. The van der Waals surface area contributed by atoms with Gasteiger partial charge in [0.2, 0.25) is 0 Å². The monoisotopic (exact) mass is 329 g/mol. The molecule has 1 fully saturated rings. The number of carbonyl (C=O) groups is 1. The van der Waals surface area contributed by atoms with Crippen LogP contribution in [0.3, 0.4) is 0 Å². The largest absolute Gasteiger partial charge is 0.465 e. The highest BCUT2D eigenvalue weighted by Gasteiger charge is 2.21. The van der Waals surface area contributed by atoms with Crippen molar-refractivity contribution in [2.24, 2.45) is 5.92 Å². The topological polar surface area (TPSA) is 40.5 Å². The van der Waals surface area contributed by atoms with Gasteiger partial charge in [0.05, 0.1) is 0 Å². The quantitative estimate of drug-likeness (QED) is 0.665. The van der Waals surface area contributed by atoms with Crippen LogP contribution in [0, 0.1) is 17.4 Å². The lowest BCUT2D eigenvalue weighted by Gasteiger charge is -2.29. The van der Waals surface area contributed by atoms with Gasteiger partial charge < -0.3 is 10.0 Å². The zero-order chi connectivity index (χ0) is 16.9. The second kappa shape index (κ2) is 7.70. The number of hydrogen-bond donors (Lipinski definition) is 1. The first-order chi connectivity index (χ1) is 10.8. The van der Waals surface area contributed by atoms with E-state index in [9.17, 15) is 4.79 Å². The lowest BCUT2D eigenvalue weighted by Crippen LogP contribution is -2.37. The van der Waals surface area contributed by atoms with Gasteiger partial charge in [-0.05, 0) is 49.3 Å². The van der Waals surface area contributed by atoms with Crippen LogP contribution in [0.4, 0.5) is 4.79 Å². The predicted molar refractivity (Wildman–Crippen MR) is 97.3 cm³/mol. The summed E-state index contributed by atoms with van der Waals surface area (Å²) in [5.74, 6) is 3.93. The molecule has 2 rings (SSSR count). The molecule has 1 saturated heterocycles. The molecule has 3 nitrogen and oxygen atoms in total. The van der Waals surface area contributed by atoms with Crippen LogP contribution in [0.25, 0.3) is 0 Å². The first-order valence-electron chi connectivity index (χ1n) is 8.43. The van der Waals surface area contributed by atoms with Gasteiger partial charge in [0.25, 0.3) is 0 Å². The van der Waals surface area contributed by atoms with E-state index in [-0.39, 0.29) is 0 Å². The predicted octanol–water partition coefficient (Wildman–Crippen LogP) is 4.24. The number of nitrogens with zero attached hydrogens (tertiary/aromatic N) is 1. The van der Waals surface area contributed by atoms with Gasteiger partial charge in [-0.25, -0.2) is 4.79 Å². The Morgan fingerprint density at radius 2 is 1.83 bits per heavy atom. The van der Waals surface area contributed by atoms with Crippen LogP contribution in [0.5, 0.6) is 0 Å². The summed E-state index contributed by atoms with van der Waals surface area (Å²) in [5.41, 5.74) is 5.84. The van der Waals surface area contributed by atoms with Crippen molar-refractivity contribution in [3.8, 4) is 11.5 Å². The molecule has 1 amide bonds. The van der Waals surface area contributed by atoms with Crippen LogP contribution < -0.4 is 0 Å². The molecular weight excluding hydrogens is 302 g/mol. The van der Waals surface area contributed by atoms with E-state index in [0.29, 0.717) is 19.0 Å². The van der Waals surface area contributed by atoms with Crippen LogP contribution in [-0.2, 0) is 6.42 Å². The molecule has 1 aliphatic heterocycles. The number of carboxylic acid groups (broad SMARTS) is 1. The number of likely N-dealkylation sites (tertiary alicyclic amines) is 1. The number of hydrogen-bond acceptors (Lipinski definition) is 1. The number of piperidine rings is 1. The molecule has 1 heterocycles. The second-order valence-electron chi connectivity index (χ2n) is 7.45. The van der Waals surface area contributed by atoms with Crippen molar-refractivity contribution in [3.63, 3.8) is 0 Å². The minimum atomic E-state index is -1.31. The Kier molecular flexibility index (Phi) is 5.89. The van der Waals surface area contributed by atoms with Gasteiger partial charge >= 0.3 is 6.09 Å². The lowest BCUT2D eigenvalue weighted by molar-refractivity contribution is 0.123. The van der Waals surface area contributed by atoms with E-state index in [1.165, 1.54) is 10.5 Å². The number of benzene rings is 1. The third kappa shape index (κ3) is 6.11. The van der Waals surface area contributed by atoms with Crippen molar-refractivity contribution >= 4 is 14.2 Å². The third-order valence-electron chi connectivity index (χ3n) is 4.26. The first kappa shape index (κ1) is 17.6. The molecule has 1 aromatic rings. The van der Waals surface area contributed by atoms with Crippen molar-refractivity contribution in [3.05, 3.63) is 35.4 Å². The van der Waals surface area contributed by atoms with Crippen LogP contribution in [-0.4, -0.2) is 37.3 Å². The number of amides is 1. The fourth-order valence-electron chi connectivity index (χ4n) is 2.80. The Bertz CT molecular complexity index is 585. The number of aryl methyl sites for hydroxylation is 1. The van der Waals surface area contributed by atoms with E-state index in [4.69, 9.17) is 5.11 Å². The summed E-state index contributed by atoms with van der Waals surface area (Å²) in [6.07, 6.45) is 3.42. The molecule has 0 aliphatic carbocycles. The molecule has 0 atom stereocenters.